The molecule has 1 aromatic heterocycles. The standard InChI is InChI=1S/C16H30N4/c1-5-14-12-20(15(11-18-14)16(2,3)4)9-6-8-19-10-7-17-13-19/h7,10,13-15,18H,5-6,8-9,11-12H2,1-4H3. The summed E-state index contributed by atoms with van der Waals surface area (Å²) in [6.45, 7) is 13.9. The van der Waals surface area contributed by atoms with Crippen molar-refractivity contribution in [3.8, 4) is 0 Å². The predicted molar refractivity (Wildman–Crippen MR) is 83.7 cm³/mol. The molecule has 1 N–H and O–H groups in total. The molecule has 0 amide bonds. The van der Waals surface area contributed by atoms with Crippen LogP contribution in [0.4, 0.5) is 0 Å². The van der Waals surface area contributed by atoms with Crippen LogP contribution in [-0.2, 0) is 6.54 Å². The van der Waals surface area contributed by atoms with Gasteiger partial charge in [-0.2, -0.15) is 0 Å². The summed E-state index contributed by atoms with van der Waals surface area (Å²) in [7, 11) is 0. The summed E-state index contributed by atoms with van der Waals surface area (Å²) in [5.41, 5.74) is 0.334. The monoisotopic (exact) mass is 278 g/mol. The normalized spacial score (nSPS) is 25.0. The lowest BCUT2D eigenvalue weighted by Crippen LogP contribution is -2.60. The fourth-order valence-electron chi connectivity index (χ4n) is 3.13. The number of rotatable bonds is 5. The van der Waals surface area contributed by atoms with Gasteiger partial charge in [-0.1, -0.05) is 27.7 Å². The molecule has 2 atom stereocenters. The Morgan fingerprint density at radius 2 is 2.10 bits per heavy atom. The molecule has 114 valence electrons. The molecule has 1 saturated heterocycles. The Hall–Kier alpha value is -0.870. The van der Waals surface area contributed by atoms with Gasteiger partial charge >= 0.3 is 0 Å². The lowest BCUT2D eigenvalue weighted by molar-refractivity contribution is 0.0531. The molecular formula is C16H30N4. The molecular weight excluding hydrogens is 248 g/mol. The van der Waals surface area contributed by atoms with Crippen LogP contribution in [0.1, 0.15) is 40.5 Å². The Bertz CT molecular complexity index is 380. The van der Waals surface area contributed by atoms with Crippen molar-refractivity contribution in [2.45, 2.75) is 59.2 Å². The Kier molecular flexibility index (Phi) is 5.22. The van der Waals surface area contributed by atoms with Crippen molar-refractivity contribution in [1.82, 2.24) is 19.8 Å². The van der Waals surface area contributed by atoms with E-state index in [-0.39, 0.29) is 0 Å². The molecule has 4 nitrogen and oxygen atoms in total. The second-order valence-electron chi connectivity index (χ2n) is 7.04. The van der Waals surface area contributed by atoms with Gasteiger partial charge in [0.2, 0.25) is 0 Å². The Morgan fingerprint density at radius 1 is 1.30 bits per heavy atom. The van der Waals surface area contributed by atoms with Crippen LogP contribution in [0.2, 0.25) is 0 Å². The fourth-order valence-corrected chi connectivity index (χ4v) is 3.13. The van der Waals surface area contributed by atoms with Gasteiger partial charge in [-0.3, -0.25) is 4.90 Å². The molecule has 1 fully saturated rings. The minimum absolute atomic E-state index is 0.334. The second kappa shape index (κ2) is 6.72. The molecule has 2 heterocycles. The van der Waals surface area contributed by atoms with Crippen LogP contribution in [-0.4, -0.2) is 46.2 Å². The number of aryl methyl sites for hydroxylation is 1. The van der Waals surface area contributed by atoms with Gasteiger partial charge in [0.05, 0.1) is 6.33 Å². The molecule has 1 aliphatic heterocycles. The van der Waals surface area contributed by atoms with E-state index >= 15 is 0 Å². The molecule has 1 aliphatic rings. The largest absolute Gasteiger partial charge is 0.337 e. The van der Waals surface area contributed by atoms with E-state index in [0.29, 0.717) is 17.5 Å². The third-order valence-corrected chi connectivity index (χ3v) is 4.41. The smallest absolute Gasteiger partial charge is 0.0945 e. The maximum Gasteiger partial charge on any atom is 0.0945 e. The highest BCUT2D eigenvalue weighted by molar-refractivity contribution is 4.92. The lowest BCUT2D eigenvalue weighted by Gasteiger charge is -2.46. The first-order valence-electron chi connectivity index (χ1n) is 7.94. The minimum atomic E-state index is 0.334. The molecule has 4 heteroatoms. The van der Waals surface area contributed by atoms with Crippen molar-refractivity contribution in [3.05, 3.63) is 18.7 Å². The third-order valence-electron chi connectivity index (χ3n) is 4.41. The maximum atomic E-state index is 4.11. The first-order chi connectivity index (χ1) is 9.50. The molecule has 0 bridgehead atoms. The summed E-state index contributed by atoms with van der Waals surface area (Å²) >= 11 is 0. The van der Waals surface area contributed by atoms with Crippen LogP contribution in [0.5, 0.6) is 0 Å². The van der Waals surface area contributed by atoms with E-state index in [1.807, 2.05) is 18.7 Å². The van der Waals surface area contributed by atoms with Crippen molar-refractivity contribution in [2.24, 2.45) is 5.41 Å². The summed E-state index contributed by atoms with van der Waals surface area (Å²) in [6.07, 6.45) is 8.23. The van der Waals surface area contributed by atoms with Crippen molar-refractivity contribution < 1.29 is 0 Å². The maximum absolute atomic E-state index is 4.11. The van der Waals surface area contributed by atoms with Gasteiger partial charge in [0.1, 0.15) is 0 Å². The van der Waals surface area contributed by atoms with Crippen molar-refractivity contribution in [2.75, 3.05) is 19.6 Å². The van der Waals surface area contributed by atoms with Crippen molar-refractivity contribution in [1.29, 1.82) is 0 Å². The molecule has 0 aliphatic carbocycles. The zero-order chi connectivity index (χ0) is 14.6. The zero-order valence-corrected chi connectivity index (χ0v) is 13.5. The quantitative estimate of drug-likeness (QED) is 0.897. The van der Waals surface area contributed by atoms with Crippen LogP contribution < -0.4 is 5.32 Å². The van der Waals surface area contributed by atoms with Crippen LogP contribution in [0.25, 0.3) is 0 Å². The molecule has 0 saturated carbocycles. The Labute approximate surface area is 123 Å². The number of hydrogen-bond acceptors (Lipinski definition) is 3. The zero-order valence-electron chi connectivity index (χ0n) is 13.5. The first kappa shape index (κ1) is 15.5. The Morgan fingerprint density at radius 3 is 2.70 bits per heavy atom. The van der Waals surface area contributed by atoms with Gasteiger partial charge in [0.25, 0.3) is 0 Å². The molecule has 1 aromatic rings. The van der Waals surface area contributed by atoms with E-state index in [1.165, 1.54) is 25.9 Å². The molecule has 0 spiro atoms. The Balaban J connectivity index is 1.89. The van der Waals surface area contributed by atoms with Crippen LogP contribution in [0, 0.1) is 5.41 Å². The summed E-state index contributed by atoms with van der Waals surface area (Å²) in [6, 6.07) is 1.29. The van der Waals surface area contributed by atoms with Crippen LogP contribution in [0.3, 0.4) is 0 Å². The van der Waals surface area contributed by atoms with Crippen molar-refractivity contribution in [3.63, 3.8) is 0 Å². The lowest BCUT2D eigenvalue weighted by atomic mass is 9.83. The van der Waals surface area contributed by atoms with Gasteiger partial charge in [-0.15, -0.1) is 0 Å². The molecule has 20 heavy (non-hydrogen) atoms. The van der Waals surface area contributed by atoms with E-state index < -0.39 is 0 Å². The number of nitrogens with one attached hydrogen (secondary N) is 1. The number of imidazole rings is 1. The van der Waals surface area contributed by atoms with E-state index in [2.05, 4.69) is 47.5 Å². The number of piperazine rings is 1. The number of hydrogen-bond donors (Lipinski definition) is 1. The summed E-state index contributed by atoms with van der Waals surface area (Å²) in [4.78, 5) is 6.80. The van der Waals surface area contributed by atoms with E-state index in [1.54, 1.807) is 0 Å². The van der Waals surface area contributed by atoms with E-state index in [4.69, 9.17) is 0 Å². The average Bonchev–Trinajstić information content (AvgIpc) is 2.90. The molecule has 2 unspecified atom stereocenters. The van der Waals surface area contributed by atoms with Gasteiger partial charge < -0.3 is 9.88 Å². The highest BCUT2D eigenvalue weighted by atomic mass is 15.2. The SMILES string of the molecule is CCC1CN(CCCn2ccnc2)C(C(C)(C)C)CN1. The van der Waals surface area contributed by atoms with Gasteiger partial charge in [-0.05, 0) is 18.3 Å². The summed E-state index contributed by atoms with van der Waals surface area (Å²) in [5, 5.41) is 3.70. The predicted octanol–water partition coefficient (Wildman–Crippen LogP) is 2.37. The van der Waals surface area contributed by atoms with Crippen LogP contribution >= 0.6 is 0 Å². The highest BCUT2D eigenvalue weighted by Crippen LogP contribution is 2.27. The minimum Gasteiger partial charge on any atom is -0.337 e. The van der Waals surface area contributed by atoms with E-state index in [9.17, 15) is 0 Å². The molecule has 0 aromatic carbocycles. The summed E-state index contributed by atoms with van der Waals surface area (Å²) in [5.74, 6) is 0. The highest BCUT2D eigenvalue weighted by Gasteiger charge is 2.34. The van der Waals surface area contributed by atoms with Gasteiger partial charge in [0, 0.05) is 50.7 Å². The topological polar surface area (TPSA) is 33.1 Å². The third kappa shape index (κ3) is 4.06. The molecule has 2 rings (SSSR count). The van der Waals surface area contributed by atoms with Crippen molar-refractivity contribution >= 4 is 0 Å². The number of nitrogens with zero attached hydrogens (tertiary/aromatic N) is 3. The first-order valence-corrected chi connectivity index (χ1v) is 7.94. The summed E-state index contributed by atoms with van der Waals surface area (Å²) < 4.78 is 2.17. The number of aromatic nitrogens is 2. The van der Waals surface area contributed by atoms with Gasteiger partial charge in [0.15, 0.2) is 0 Å². The van der Waals surface area contributed by atoms with Crippen LogP contribution in [0.15, 0.2) is 18.7 Å². The van der Waals surface area contributed by atoms with E-state index in [0.717, 1.165) is 13.1 Å². The molecule has 0 radical (unpaired) electrons. The fraction of sp³-hybridized carbons (Fsp3) is 0.812. The second-order valence-corrected chi connectivity index (χ2v) is 7.04. The average molecular weight is 278 g/mol. The van der Waals surface area contributed by atoms with Gasteiger partial charge in [-0.25, -0.2) is 4.98 Å².